The van der Waals surface area contributed by atoms with Crippen molar-refractivity contribution in [3.63, 3.8) is 0 Å². The zero-order valence-corrected chi connectivity index (χ0v) is 12.3. The molecule has 4 nitrogen and oxygen atoms in total. The number of carbonyl (C=O) groups is 1. The number of fused-ring (bicyclic) bond motifs is 1. The van der Waals surface area contributed by atoms with Crippen molar-refractivity contribution >= 4 is 22.5 Å². The van der Waals surface area contributed by atoms with Gasteiger partial charge in [-0.2, -0.15) is 0 Å². The molecule has 0 saturated heterocycles. The SMILES string of the molecule is C=C(C)Nc1cccc(-c2cc(C(N)=O)c3[nH]ccc3c2)c1. The summed E-state index contributed by atoms with van der Waals surface area (Å²) in [5.74, 6) is -0.439. The predicted molar refractivity (Wildman–Crippen MR) is 90.7 cm³/mol. The number of benzene rings is 2. The van der Waals surface area contributed by atoms with Gasteiger partial charge in [0.25, 0.3) is 5.91 Å². The van der Waals surface area contributed by atoms with Crippen molar-refractivity contribution in [1.82, 2.24) is 4.98 Å². The number of allylic oxidation sites excluding steroid dienone is 1. The molecule has 3 aromatic rings. The van der Waals surface area contributed by atoms with E-state index in [-0.39, 0.29) is 0 Å². The lowest BCUT2D eigenvalue weighted by Crippen LogP contribution is -2.11. The molecule has 0 aliphatic heterocycles. The molecule has 0 fully saturated rings. The number of hydrogen-bond donors (Lipinski definition) is 3. The lowest BCUT2D eigenvalue weighted by atomic mass is 9.99. The molecule has 0 saturated carbocycles. The van der Waals surface area contributed by atoms with E-state index in [0.717, 1.165) is 33.4 Å². The van der Waals surface area contributed by atoms with Crippen molar-refractivity contribution in [2.75, 3.05) is 5.32 Å². The van der Waals surface area contributed by atoms with Crippen LogP contribution in [0.15, 0.2) is 60.9 Å². The fraction of sp³-hybridized carbons (Fsp3) is 0.0556. The molecule has 1 amide bonds. The number of nitrogens with one attached hydrogen (secondary N) is 2. The summed E-state index contributed by atoms with van der Waals surface area (Å²) in [6.45, 7) is 5.75. The van der Waals surface area contributed by atoms with Crippen LogP contribution in [0.2, 0.25) is 0 Å². The van der Waals surface area contributed by atoms with Gasteiger partial charge in [-0.05, 0) is 48.4 Å². The molecule has 110 valence electrons. The summed E-state index contributed by atoms with van der Waals surface area (Å²) in [4.78, 5) is 14.7. The predicted octanol–water partition coefficient (Wildman–Crippen LogP) is 3.88. The van der Waals surface area contributed by atoms with Crippen LogP contribution in [0.25, 0.3) is 22.0 Å². The number of aromatic nitrogens is 1. The summed E-state index contributed by atoms with van der Waals surface area (Å²) in [5.41, 5.74) is 10.6. The third-order valence-corrected chi connectivity index (χ3v) is 3.48. The van der Waals surface area contributed by atoms with Crippen molar-refractivity contribution in [1.29, 1.82) is 0 Å². The number of aromatic amines is 1. The fourth-order valence-corrected chi connectivity index (χ4v) is 2.56. The number of amides is 1. The number of H-pyrrole nitrogens is 1. The average Bonchev–Trinajstić information content (AvgIpc) is 2.93. The molecule has 3 rings (SSSR count). The Kier molecular flexibility index (Phi) is 3.43. The van der Waals surface area contributed by atoms with Crippen molar-refractivity contribution in [3.05, 3.63) is 66.5 Å². The van der Waals surface area contributed by atoms with Crippen LogP contribution < -0.4 is 11.1 Å². The van der Waals surface area contributed by atoms with Gasteiger partial charge in [0.1, 0.15) is 0 Å². The van der Waals surface area contributed by atoms with E-state index < -0.39 is 5.91 Å². The Morgan fingerprint density at radius 1 is 1.18 bits per heavy atom. The van der Waals surface area contributed by atoms with Crippen molar-refractivity contribution in [2.24, 2.45) is 5.73 Å². The molecule has 1 heterocycles. The molecule has 0 atom stereocenters. The van der Waals surface area contributed by atoms with Crippen LogP contribution in [-0.4, -0.2) is 10.9 Å². The molecular formula is C18H17N3O. The number of primary amides is 1. The first-order chi connectivity index (χ1) is 10.5. The smallest absolute Gasteiger partial charge is 0.250 e. The summed E-state index contributed by atoms with van der Waals surface area (Å²) in [7, 11) is 0. The minimum atomic E-state index is -0.439. The van der Waals surface area contributed by atoms with Crippen LogP contribution in [0.5, 0.6) is 0 Å². The molecule has 22 heavy (non-hydrogen) atoms. The summed E-state index contributed by atoms with van der Waals surface area (Å²) in [6.07, 6.45) is 1.81. The maximum Gasteiger partial charge on any atom is 0.250 e. The van der Waals surface area contributed by atoms with E-state index in [2.05, 4.69) is 16.9 Å². The van der Waals surface area contributed by atoms with Gasteiger partial charge in [-0.15, -0.1) is 0 Å². The van der Waals surface area contributed by atoms with E-state index in [4.69, 9.17) is 5.73 Å². The first kappa shape index (κ1) is 13.9. The van der Waals surface area contributed by atoms with E-state index in [0.29, 0.717) is 5.56 Å². The van der Waals surface area contributed by atoms with Gasteiger partial charge in [0.2, 0.25) is 0 Å². The van der Waals surface area contributed by atoms with Gasteiger partial charge >= 0.3 is 0 Å². The summed E-state index contributed by atoms with van der Waals surface area (Å²) >= 11 is 0. The largest absolute Gasteiger partial charge is 0.366 e. The molecule has 0 spiro atoms. The first-order valence-corrected chi connectivity index (χ1v) is 6.98. The summed E-state index contributed by atoms with van der Waals surface area (Å²) in [6, 6.07) is 13.8. The molecule has 2 aromatic carbocycles. The maximum absolute atomic E-state index is 11.7. The van der Waals surface area contributed by atoms with Crippen molar-refractivity contribution < 1.29 is 4.79 Å². The molecule has 0 bridgehead atoms. The first-order valence-electron chi connectivity index (χ1n) is 6.98. The topological polar surface area (TPSA) is 70.9 Å². The zero-order chi connectivity index (χ0) is 15.7. The lowest BCUT2D eigenvalue weighted by molar-refractivity contribution is 0.100. The number of rotatable bonds is 4. The third-order valence-electron chi connectivity index (χ3n) is 3.48. The Morgan fingerprint density at radius 2 is 2.00 bits per heavy atom. The number of anilines is 1. The van der Waals surface area contributed by atoms with E-state index in [1.807, 2.05) is 49.4 Å². The van der Waals surface area contributed by atoms with Gasteiger partial charge in [0, 0.05) is 23.0 Å². The lowest BCUT2D eigenvalue weighted by Gasteiger charge is -2.09. The minimum Gasteiger partial charge on any atom is -0.366 e. The van der Waals surface area contributed by atoms with Gasteiger partial charge in [-0.25, -0.2) is 0 Å². The van der Waals surface area contributed by atoms with Crippen LogP contribution in [0, 0.1) is 0 Å². The van der Waals surface area contributed by atoms with Crippen LogP contribution in [0.3, 0.4) is 0 Å². The van der Waals surface area contributed by atoms with Gasteiger partial charge in [-0.3, -0.25) is 4.79 Å². The van der Waals surface area contributed by atoms with Gasteiger partial charge < -0.3 is 16.0 Å². The monoisotopic (exact) mass is 291 g/mol. The number of hydrogen-bond acceptors (Lipinski definition) is 2. The minimum absolute atomic E-state index is 0.439. The third kappa shape index (κ3) is 2.59. The molecule has 0 aliphatic rings. The van der Waals surface area contributed by atoms with E-state index in [1.165, 1.54) is 0 Å². The molecule has 0 unspecified atom stereocenters. The number of carbonyl (C=O) groups excluding carboxylic acids is 1. The normalized spacial score (nSPS) is 10.6. The molecule has 4 heteroatoms. The standard InChI is InChI=1S/C18H17N3O/c1-11(2)21-15-5-3-4-12(9-15)14-8-13-6-7-20-17(13)16(10-14)18(19)22/h3-10,20-21H,1H2,2H3,(H2,19,22). The zero-order valence-electron chi connectivity index (χ0n) is 12.3. The number of nitrogens with two attached hydrogens (primary N) is 1. The summed E-state index contributed by atoms with van der Waals surface area (Å²) in [5, 5.41) is 4.15. The Morgan fingerprint density at radius 3 is 2.73 bits per heavy atom. The van der Waals surface area contributed by atoms with E-state index in [9.17, 15) is 4.79 Å². The quantitative estimate of drug-likeness (QED) is 0.682. The average molecular weight is 291 g/mol. The second-order valence-electron chi connectivity index (χ2n) is 5.32. The van der Waals surface area contributed by atoms with Gasteiger partial charge in [0.15, 0.2) is 0 Å². The highest BCUT2D eigenvalue weighted by atomic mass is 16.1. The molecule has 0 radical (unpaired) electrons. The molecular weight excluding hydrogens is 274 g/mol. The van der Waals surface area contributed by atoms with Crippen LogP contribution >= 0.6 is 0 Å². The molecule has 1 aromatic heterocycles. The van der Waals surface area contributed by atoms with Crippen LogP contribution in [0.1, 0.15) is 17.3 Å². The Labute approximate surface area is 128 Å². The Balaban J connectivity index is 2.13. The van der Waals surface area contributed by atoms with Crippen LogP contribution in [-0.2, 0) is 0 Å². The Hall–Kier alpha value is -3.01. The van der Waals surface area contributed by atoms with Crippen molar-refractivity contribution in [2.45, 2.75) is 6.92 Å². The second-order valence-corrected chi connectivity index (χ2v) is 5.32. The molecule has 4 N–H and O–H groups in total. The fourth-order valence-electron chi connectivity index (χ4n) is 2.56. The van der Waals surface area contributed by atoms with Gasteiger partial charge in [-0.1, -0.05) is 18.7 Å². The highest BCUT2D eigenvalue weighted by Crippen LogP contribution is 2.29. The van der Waals surface area contributed by atoms with E-state index >= 15 is 0 Å². The highest BCUT2D eigenvalue weighted by molar-refractivity contribution is 6.06. The van der Waals surface area contributed by atoms with E-state index in [1.54, 1.807) is 6.20 Å². The second kappa shape index (κ2) is 5.41. The highest BCUT2D eigenvalue weighted by Gasteiger charge is 2.11. The van der Waals surface area contributed by atoms with Crippen LogP contribution in [0.4, 0.5) is 5.69 Å². The summed E-state index contributed by atoms with van der Waals surface area (Å²) < 4.78 is 0. The van der Waals surface area contributed by atoms with Crippen molar-refractivity contribution in [3.8, 4) is 11.1 Å². The maximum atomic E-state index is 11.7. The van der Waals surface area contributed by atoms with Gasteiger partial charge in [0.05, 0.1) is 11.1 Å². The Bertz CT molecular complexity index is 877. The molecule has 0 aliphatic carbocycles.